The second kappa shape index (κ2) is 6.43. The summed E-state index contributed by atoms with van der Waals surface area (Å²) < 4.78 is 1.52. The Balaban J connectivity index is 1.72. The van der Waals surface area contributed by atoms with E-state index in [9.17, 15) is 10.1 Å². The van der Waals surface area contributed by atoms with Gasteiger partial charge in [0.15, 0.2) is 0 Å². The Morgan fingerprint density at radius 2 is 2.04 bits per heavy atom. The molecule has 5 nitrogen and oxygen atoms in total. The molecule has 0 aliphatic heterocycles. The quantitative estimate of drug-likeness (QED) is 0.716. The lowest BCUT2D eigenvalue weighted by Gasteiger charge is -2.01. The molecule has 6 heteroatoms. The number of hydrogen-bond acceptors (Lipinski definition) is 4. The van der Waals surface area contributed by atoms with Gasteiger partial charge in [0.1, 0.15) is 11.1 Å². The van der Waals surface area contributed by atoms with Gasteiger partial charge in [0, 0.05) is 16.8 Å². The van der Waals surface area contributed by atoms with Gasteiger partial charge in [-0.05, 0) is 50.8 Å². The van der Waals surface area contributed by atoms with E-state index in [2.05, 4.69) is 16.2 Å². The third-order valence-electron chi connectivity index (χ3n) is 4.73. The fraction of sp³-hybridized carbons (Fsp3) is 0.250. The van der Waals surface area contributed by atoms with E-state index in [1.807, 2.05) is 38.1 Å². The Hall–Kier alpha value is -2.91. The zero-order valence-electron chi connectivity index (χ0n) is 14.7. The van der Waals surface area contributed by atoms with Crippen LogP contribution in [0.2, 0.25) is 0 Å². The van der Waals surface area contributed by atoms with Gasteiger partial charge >= 0.3 is 0 Å². The Kier molecular flexibility index (Phi) is 4.09. The molecule has 0 unspecified atom stereocenters. The largest absolute Gasteiger partial charge is 0.295 e. The molecule has 0 amide bonds. The molecule has 1 aromatic carbocycles. The van der Waals surface area contributed by atoms with Gasteiger partial charge in [-0.25, -0.2) is 9.67 Å². The minimum atomic E-state index is -0.141. The number of nitrogens with one attached hydrogen (secondary N) is 1. The molecule has 0 fully saturated rings. The molecular formula is C20H18N4OS. The maximum atomic E-state index is 12.8. The summed E-state index contributed by atoms with van der Waals surface area (Å²) >= 11 is 1.57. The maximum Gasteiger partial charge on any atom is 0.280 e. The fourth-order valence-electron chi connectivity index (χ4n) is 3.31. The summed E-state index contributed by atoms with van der Waals surface area (Å²) in [5.41, 5.74) is 4.87. The molecule has 4 rings (SSSR count). The first kappa shape index (κ1) is 16.6. The number of H-pyrrole nitrogens is 1. The van der Waals surface area contributed by atoms with Crippen LogP contribution < -0.4 is 5.56 Å². The first-order chi connectivity index (χ1) is 12.6. The van der Waals surface area contributed by atoms with Crippen molar-refractivity contribution in [2.45, 2.75) is 33.1 Å². The molecular weight excluding hydrogens is 344 g/mol. The highest BCUT2D eigenvalue weighted by Crippen LogP contribution is 2.40. The van der Waals surface area contributed by atoms with Crippen molar-refractivity contribution in [1.82, 2.24) is 9.78 Å². The molecule has 1 aliphatic rings. The van der Waals surface area contributed by atoms with E-state index in [4.69, 9.17) is 0 Å². The van der Waals surface area contributed by atoms with E-state index in [1.54, 1.807) is 17.6 Å². The minimum Gasteiger partial charge on any atom is -0.295 e. The summed E-state index contributed by atoms with van der Waals surface area (Å²) in [7, 11) is 0. The van der Waals surface area contributed by atoms with Crippen LogP contribution in [0.1, 0.15) is 39.2 Å². The highest BCUT2D eigenvalue weighted by Gasteiger charge is 2.21. The molecule has 0 saturated heterocycles. The number of fused-ring (bicyclic) bond motifs is 1. The van der Waals surface area contributed by atoms with Crippen LogP contribution in [0.3, 0.4) is 0 Å². The smallest absolute Gasteiger partial charge is 0.280 e. The zero-order chi connectivity index (χ0) is 18.3. The average molecular weight is 362 g/mol. The fourth-order valence-corrected chi connectivity index (χ4v) is 4.49. The predicted octanol–water partition coefficient (Wildman–Crippen LogP) is 3.95. The van der Waals surface area contributed by atoms with Crippen molar-refractivity contribution in [3.63, 3.8) is 0 Å². The summed E-state index contributed by atoms with van der Waals surface area (Å²) in [6.07, 6.45) is 4.67. The van der Waals surface area contributed by atoms with Crippen LogP contribution in [0, 0.1) is 25.2 Å². The molecule has 26 heavy (non-hydrogen) atoms. The second-order valence-electron chi connectivity index (χ2n) is 6.53. The predicted molar refractivity (Wildman–Crippen MR) is 104 cm³/mol. The van der Waals surface area contributed by atoms with Crippen LogP contribution in [0.5, 0.6) is 0 Å². The SMILES string of the molecule is Cc1ccc(-n2[nH]c(C)c(/C=N/c3sc4c(c3C#N)CCC4)c2=O)cc1. The molecule has 130 valence electrons. The van der Waals surface area contributed by atoms with Gasteiger partial charge in [0.2, 0.25) is 0 Å². The number of nitriles is 1. The van der Waals surface area contributed by atoms with Gasteiger partial charge < -0.3 is 0 Å². The monoisotopic (exact) mass is 362 g/mol. The van der Waals surface area contributed by atoms with E-state index in [1.165, 1.54) is 9.56 Å². The number of aryl methyl sites for hydroxylation is 3. The number of aliphatic imine (C=N–C) groups is 1. The van der Waals surface area contributed by atoms with Crippen molar-refractivity contribution in [2.75, 3.05) is 0 Å². The van der Waals surface area contributed by atoms with Gasteiger partial charge in [0.25, 0.3) is 5.56 Å². The topological polar surface area (TPSA) is 73.9 Å². The lowest BCUT2D eigenvalue weighted by molar-refractivity contribution is 0.835. The summed E-state index contributed by atoms with van der Waals surface area (Å²) in [5, 5.41) is 13.3. The highest BCUT2D eigenvalue weighted by atomic mass is 32.1. The van der Waals surface area contributed by atoms with Gasteiger partial charge in [0.05, 0.1) is 16.8 Å². The van der Waals surface area contributed by atoms with Crippen molar-refractivity contribution >= 4 is 22.6 Å². The number of benzene rings is 1. The van der Waals surface area contributed by atoms with Gasteiger partial charge in [-0.1, -0.05) is 17.7 Å². The molecule has 3 aromatic rings. The molecule has 2 heterocycles. The molecule has 0 radical (unpaired) electrons. The Morgan fingerprint density at radius 1 is 1.27 bits per heavy atom. The highest BCUT2D eigenvalue weighted by molar-refractivity contribution is 7.16. The van der Waals surface area contributed by atoms with Crippen LogP contribution in [0.4, 0.5) is 5.00 Å². The summed E-state index contributed by atoms with van der Waals surface area (Å²) in [5.74, 6) is 0. The number of rotatable bonds is 3. The van der Waals surface area contributed by atoms with Crippen LogP contribution >= 0.6 is 11.3 Å². The van der Waals surface area contributed by atoms with Crippen molar-refractivity contribution in [2.24, 2.45) is 4.99 Å². The molecule has 0 bridgehead atoms. The minimum absolute atomic E-state index is 0.141. The van der Waals surface area contributed by atoms with E-state index < -0.39 is 0 Å². The number of hydrogen-bond donors (Lipinski definition) is 1. The first-order valence-corrected chi connectivity index (χ1v) is 9.37. The lowest BCUT2D eigenvalue weighted by Crippen LogP contribution is -2.17. The summed E-state index contributed by atoms with van der Waals surface area (Å²) in [6, 6.07) is 10.0. The number of aromatic amines is 1. The number of aromatic nitrogens is 2. The summed E-state index contributed by atoms with van der Waals surface area (Å²) in [6.45, 7) is 3.86. The van der Waals surface area contributed by atoms with Crippen LogP contribution in [0.25, 0.3) is 5.69 Å². The molecule has 1 aliphatic carbocycles. The maximum absolute atomic E-state index is 12.8. The van der Waals surface area contributed by atoms with Crippen LogP contribution in [-0.2, 0) is 12.8 Å². The van der Waals surface area contributed by atoms with Crippen LogP contribution in [0.15, 0.2) is 34.1 Å². The average Bonchev–Trinajstić information content (AvgIpc) is 3.28. The van der Waals surface area contributed by atoms with Crippen molar-refractivity contribution in [3.8, 4) is 11.8 Å². The zero-order valence-corrected chi connectivity index (χ0v) is 15.5. The van der Waals surface area contributed by atoms with Gasteiger partial charge in [-0.15, -0.1) is 11.3 Å². The number of thiophene rings is 1. The number of nitrogens with zero attached hydrogens (tertiary/aromatic N) is 3. The Bertz CT molecular complexity index is 1110. The Labute approximate surface area is 155 Å². The molecule has 2 aromatic heterocycles. The standard InChI is InChI=1S/C20H18N4OS/c1-12-6-8-14(9-7-12)24-20(25)17(13(2)23-24)11-22-19-16(10-21)15-4-3-5-18(15)26-19/h6-9,11,23H,3-5H2,1-2H3/b22-11+. The normalized spacial score (nSPS) is 13.3. The van der Waals surface area contributed by atoms with Crippen LogP contribution in [-0.4, -0.2) is 16.0 Å². The van der Waals surface area contributed by atoms with Crippen molar-refractivity contribution < 1.29 is 0 Å². The van der Waals surface area contributed by atoms with Crippen molar-refractivity contribution in [3.05, 3.63) is 67.4 Å². The second-order valence-corrected chi connectivity index (χ2v) is 7.62. The van der Waals surface area contributed by atoms with E-state index in [0.29, 0.717) is 16.1 Å². The van der Waals surface area contributed by atoms with Gasteiger partial charge in [-0.3, -0.25) is 9.89 Å². The molecule has 1 N–H and O–H groups in total. The Morgan fingerprint density at radius 3 is 2.77 bits per heavy atom. The third kappa shape index (κ3) is 2.71. The lowest BCUT2D eigenvalue weighted by atomic mass is 10.1. The summed E-state index contributed by atoms with van der Waals surface area (Å²) in [4.78, 5) is 18.5. The molecule has 0 spiro atoms. The molecule has 0 saturated carbocycles. The van der Waals surface area contributed by atoms with E-state index in [0.717, 1.165) is 41.8 Å². The van der Waals surface area contributed by atoms with Crippen molar-refractivity contribution in [1.29, 1.82) is 5.26 Å². The van der Waals surface area contributed by atoms with E-state index >= 15 is 0 Å². The molecule has 0 atom stereocenters. The third-order valence-corrected chi connectivity index (χ3v) is 5.93. The van der Waals surface area contributed by atoms with Gasteiger partial charge in [-0.2, -0.15) is 5.26 Å². The van der Waals surface area contributed by atoms with E-state index in [-0.39, 0.29) is 5.56 Å². The first-order valence-electron chi connectivity index (χ1n) is 8.56.